The fraction of sp³-hybridized carbons (Fsp3) is 0.421. The summed E-state index contributed by atoms with van der Waals surface area (Å²) < 4.78 is 69.5. The van der Waals surface area contributed by atoms with Crippen LogP contribution in [0, 0.1) is 0 Å². The Hall–Kier alpha value is -11.2. The average Bonchev–Trinajstić information content (AvgIpc) is 0.897. The van der Waals surface area contributed by atoms with Gasteiger partial charge in [-0.3, -0.25) is 24.3 Å². The Balaban J connectivity index is 0.000000179. The Kier molecular flexibility index (Phi) is 45.6. The van der Waals surface area contributed by atoms with E-state index in [2.05, 4.69) is 95.6 Å². The molecule has 8 aliphatic rings. The molecule has 6 N–H and O–H groups in total. The van der Waals surface area contributed by atoms with Gasteiger partial charge >= 0.3 is 36.8 Å². The van der Waals surface area contributed by atoms with E-state index in [9.17, 15) is 24.0 Å². The van der Waals surface area contributed by atoms with Gasteiger partial charge in [-0.25, -0.2) is 64.2 Å². The minimum atomic E-state index is -1.11. The molecule has 0 spiro atoms. The third kappa shape index (κ3) is 34.3. The zero-order valence-electron chi connectivity index (χ0n) is 78.5. The number of hydrogen-bond donors (Lipinski definition) is 4. The second-order valence-electron chi connectivity index (χ2n) is 31.6. The molecule has 0 aliphatic carbocycles. The predicted molar refractivity (Wildman–Crippen MR) is 532 cm³/mol. The van der Waals surface area contributed by atoms with Crippen LogP contribution >= 0.6 is 58.0 Å². The van der Waals surface area contributed by atoms with Gasteiger partial charge in [-0.1, -0.05) is 84.4 Å². The van der Waals surface area contributed by atoms with Gasteiger partial charge in [-0.05, 0) is 95.6 Å². The van der Waals surface area contributed by atoms with Crippen molar-refractivity contribution in [1.29, 1.82) is 0 Å². The number of aromatic carboxylic acids is 1. The summed E-state index contributed by atoms with van der Waals surface area (Å²) in [5.41, 5.74) is 8.82. The fourth-order valence-corrected chi connectivity index (χ4v) is 16.1. The van der Waals surface area contributed by atoms with Gasteiger partial charge in [-0.15, -0.1) is 0 Å². The van der Waals surface area contributed by atoms with E-state index < -0.39 is 17.9 Å². The monoisotopic (exact) mass is 2040 g/mol. The summed E-state index contributed by atoms with van der Waals surface area (Å²) in [6.07, 6.45) is 3.99. The SMILES string of the molecule is C1CCOC1.COC(=O)c1cc(Cl)nc(Cl)n1.COC(=O)c1cc(N2CCOCC2)nc(Cl)n1.Nc1ccc(OCCN2CCOCC2)c2ccccc12.O=C(Nc1ccc(OCCN2CCOCC2)c2ccccc12)c1cc(N2CCOCC2)nc(Cl)n1.O=C(Nc1ccc(OCCN2CCOCC2)c2ccccc12)c1cc(N2CCOCC2)ncn1.O=C(O)c1cc(N2CCOCC2)nc(Cl)n1.[HH].[Li+].[OH-]. The summed E-state index contributed by atoms with van der Waals surface area (Å²) in [6, 6.07) is 42.9. The second kappa shape index (κ2) is 58.4. The fourth-order valence-electron chi connectivity index (χ4n) is 15.2. The van der Waals surface area contributed by atoms with E-state index in [1.807, 2.05) is 118 Å². The van der Waals surface area contributed by atoms with Crippen molar-refractivity contribution in [2.45, 2.75) is 12.8 Å². The second-order valence-corrected chi connectivity index (χ2v) is 33.3. The van der Waals surface area contributed by atoms with Gasteiger partial charge in [0.25, 0.3) is 11.8 Å². The number of nitrogens with zero attached hydrogens (tertiary/aromatic N) is 17. The number of carboxylic acid groups (broad SMARTS) is 1. The molecule has 8 saturated heterocycles. The number of carbonyl (C=O) groups is 5. The van der Waals surface area contributed by atoms with Crippen LogP contribution in [0.15, 0.2) is 146 Å². The van der Waals surface area contributed by atoms with E-state index >= 15 is 0 Å². The Labute approximate surface area is 853 Å². The molecular weight excluding hydrogens is 1930 g/mol. The summed E-state index contributed by atoms with van der Waals surface area (Å²) in [7, 11) is 2.54. The van der Waals surface area contributed by atoms with E-state index in [1.54, 1.807) is 18.2 Å². The van der Waals surface area contributed by atoms with Crippen molar-refractivity contribution < 1.29 is 116 Å². The first-order valence-corrected chi connectivity index (χ1v) is 47.4. The van der Waals surface area contributed by atoms with Crippen molar-refractivity contribution in [2.24, 2.45) is 0 Å². The van der Waals surface area contributed by atoms with Crippen LogP contribution in [0.25, 0.3) is 32.3 Å². The van der Waals surface area contributed by atoms with Crippen LogP contribution in [0.4, 0.5) is 40.3 Å². The van der Waals surface area contributed by atoms with E-state index in [0.29, 0.717) is 146 Å². The van der Waals surface area contributed by atoms with Crippen LogP contribution in [-0.4, -0.2) is 356 Å². The molecule has 8 aliphatic heterocycles. The van der Waals surface area contributed by atoms with E-state index in [0.717, 1.165) is 186 Å². The van der Waals surface area contributed by atoms with Gasteiger partial charge in [0, 0.05) is 206 Å². The van der Waals surface area contributed by atoms with Crippen LogP contribution in [-0.2, 0) is 47.4 Å². The van der Waals surface area contributed by atoms with Crippen LogP contribution in [0.3, 0.4) is 0 Å². The maximum atomic E-state index is 13.1. The Morgan fingerprint density at radius 2 is 0.667 bits per heavy atom. The van der Waals surface area contributed by atoms with Crippen molar-refractivity contribution in [3.63, 3.8) is 0 Å². The molecule has 0 atom stereocenters. The van der Waals surface area contributed by atoms with Crippen molar-refractivity contribution in [3.8, 4) is 17.2 Å². The van der Waals surface area contributed by atoms with E-state index in [4.69, 9.17) is 121 Å². The largest absolute Gasteiger partial charge is 1.00 e. The maximum absolute atomic E-state index is 13.1. The third-order valence-corrected chi connectivity index (χ3v) is 23.4. The van der Waals surface area contributed by atoms with Gasteiger partial charge < -0.3 is 108 Å². The summed E-state index contributed by atoms with van der Waals surface area (Å²) >= 11 is 28.5. The molecule has 141 heavy (non-hydrogen) atoms. The standard InChI is InChI=1S/C25H28ClN5O4.C25H29N5O4.C16H20N2O2.C10H12ClN3O3.C9H10ClN3O3.C6H4Cl2N2O2.C4H8O.Li.H2O.H2/c26-25-28-21(17-23(29-25)31-10-14-34-15-11-31)24(32)27-20-5-6-22(19-4-2-1-3-18(19)20)35-16-9-30-7-12-33-13-8-30;31-25(22-17-24(27-18-26-22)30-10-14-33-15-11-30)28-21-5-6-23(20-4-2-1-3-19(20)21)34-16-9-29-7-12-32-13-8-29;17-15-5-6-16(14-4-2-1-3-13(14)15)20-12-9-18-7-10-19-11-8-18;1-16-9(15)7-6-8(13-10(11)12-7)14-2-4-17-5-3-14;10-9-11-6(8(14)15)5-7(12-9)13-1-3-16-4-2-13;1-12-5(11)3-2-4(7)10-6(8)9-3;1-2-4-5-3-1;;;/h1-6,17H,7-16H2,(H,27,32);1-6,17-18H,7-16H2,(H,28,31);1-6H,7-12,17H2;6H,2-5H2,1H3;5H,1-4H2,(H,14,15);2H,1H3;1-4H2;;1H2;1H/q;;;;;;;+1;;/p-1. The number of anilines is 7. The molecule has 0 radical (unpaired) electrons. The zero-order valence-corrected chi connectivity index (χ0v) is 82.3. The maximum Gasteiger partial charge on any atom is 1.00 e. The number of halogens is 5. The number of hydrogen-bond acceptors (Lipinski definition) is 37. The van der Waals surface area contributed by atoms with Gasteiger partial charge in [0.05, 0.1) is 107 Å². The Morgan fingerprint density at radius 1 is 0.362 bits per heavy atom. The number of methoxy groups -OCH3 is 2. The number of aromatic nitrogens is 10. The molecule has 46 heteroatoms. The number of carbonyl (C=O) groups excluding carboxylic acids is 4. The molecule has 0 saturated carbocycles. The first-order valence-electron chi connectivity index (χ1n) is 45.5. The van der Waals surface area contributed by atoms with Crippen molar-refractivity contribution in [1.82, 2.24) is 64.5 Å². The van der Waals surface area contributed by atoms with E-state index in [-0.39, 0.29) is 86.6 Å². The van der Waals surface area contributed by atoms with Gasteiger partial charge in [0.1, 0.15) is 83.2 Å². The summed E-state index contributed by atoms with van der Waals surface area (Å²) in [5, 5.41) is 20.7. The number of nitrogens with two attached hydrogens (primary N) is 1. The van der Waals surface area contributed by atoms with Crippen LogP contribution in [0.5, 0.6) is 17.2 Å². The number of ether oxygens (including phenoxy) is 13. The van der Waals surface area contributed by atoms with Crippen molar-refractivity contribution in [3.05, 3.63) is 201 Å². The van der Waals surface area contributed by atoms with Crippen molar-refractivity contribution >= 4 is 160 Å². The van der Waals surface area contributed by atoms with Gasteiger partial charge in [-0.2, -0.15) is 0 Å². The zero-order chi connectivity index (χ0) is 97.5. The number of carboxylic acids is 1. The first kappa shape index (κ1) is 110. The number of rotatable bonds is 23. The van der Waals surface area contributed by atoms with Gasteiger partial charge in [0.15, 0.2) is 17.1 Å². The molecule has 40 nitrogen and oxygen atoms in total. The smallest absolute Gasteiger partial charge is 0.870 e. The number of morpholine rings is 7. The number of nitrogen functional groups attached to an aromatic ring is 1. The molecule has 2 amide bonds. The molecular formula is C95H114Cl5LiN20O20. The minimum Gasteiger partial charge on any atom is -0.870 e. The summed E-state index contributed by atoms with van der Waals surface area (Å²) in [5.74, 6) is 2.13. The average molecular weight is 2040 g/mol. The molecule has 0 unspecified atom stereocenters. The number of amides is 2. The molecule has 5 aromatic heterocycles. The molecule has 8 fully saturated rings. The van der Waals surface area contributed by atoms with Crippen LogP contribution in [0.2, 0.25) is 26.3 Å². The summed E-state index contributed by atoms with van der Waals surface area (Å²) in [6.45, 7) is 27.6. The number of fused-ring (bicyclic) bond motifs is 3. The van der Waals surface area contributed by atoms with Crippen molar-refractivity contribution in [2.75, 3.05) is 287 Å². The molecule has 6 aromatic carbocycles. The molecule has 11 aromatic rings. The number of esters is 2. The molecule has 19 rings (SSSR count). The van der Waals surface area contributed by atoms with Gasteiger partial charge in [0.2, 0.25) is 21.1 Å². The normalized spacial score (nSPS) is 16.0. The minimum absolute atomic E-state index is 0. The number of nitrogens with one attached hydrogen (secondary N) is 2. The molecule has 750 valence electrons. The van der Waals surface area contributed by atoms with E-state index in [1.165, 1.54) is 45.5 Å². The Bertz CT molecular complexity index is 5830. The van der Waals surface area contributed by atoms with Crippen LogP contribution < -0.4 is 69.0 Å². The van der Waals surface area contributed by atoms with Crippen LogP contribution in [0.1, 0.15) is 66.7 Å². The topological polar surface area (TPSA) is 457 Å². The quantitative estimate of drug-likeness (QED) is 0.0153. The third-order valence-electron chi connectivity index (χ3n) is 22.5. The Morgan fingerprint density at radius 3 is 1.04 bits per heavy atom. The first-order chi connectivity index (χ1) is 67.8. The predicted octanol–water partition coefficient (Wildman–Crippen LogP) is 8.50. The summed E-state index contributed by atoms with van der Waals surface area (Å²) in [4.78, 5) is 114. The molecule has 13 heterocycles. The number of benzene rings is 6. The molecule has 0 bridgehead atoms.